The van der Waals surface area contributed by atoms with Crippen LogP contribution in [-0.2, 0) is 4.74 Å². The predicted octanol–water partition coefficient (Wildman–Crippen LogP) is 1.54. The molecule has 2 saturated carbocycles. The number of hydrogen-bond acceptors (Lipinski definition) is 4. The number of hydrogen-bond donors (Lipinski definition) is 2. The third-order valence-electron chi connectivity index (χ3n) is 4.79. The van der Waals surface area contributed by atoms with Gasteiger partial charge in [-0.3, -0.25) is 0 Å². The third-order valence-corrected chi connectivity index (χ3v) is 4.79. The van der Waals surface area contributed by atoms with Crippen LogP contribution < -0.4 is 0 Å². The predicted molar refractivity (Wildman–Crippen MR) is 75.1 cm³/mol. The molecule has 19 heavy (non-hydrogen) atoms. The van der Waals surface area contributed by atoms with E-state index in [-0.39, 0.29) is 12.7 Å². The van der Waals surface area contributed by atoms with Crippen LogP contribution in [0.2, 0.25) is 0 Å². The average molecular weight is 271 g/mol. The molecular weight excluding hydrogens is 242 g/mol. The smallest absolute Gasteiger partial charge is 0.0576 e. The second-order valence-corrected chi connectivity index (χ2v) is 6.18. The van der Waals surface area contributed by atoms with E-state index in [0.717, 1.165) is 45.1 Å². The first-order valence-corrected chi connectivity index (χ1v) is 7.83. The molecule has 2 aliphatic carbocycles. The minimum Gasteiger partial charge on any atom is -0.396 e. The summed E-state index contributed by atoms with van der Waals surface area (Å²) in [5.74, 6) is 0. The molecule has 2 N–H and O–H groups in total. The Hall–Kier alpha value is -0.160. The first kappa shape index (κ1) is 15.2. The average Bonchev–Trinajstić information content (AvgIpc) is 2.40. The van der Waals surface area contributed by atoms with Crippen LogP contribution in [0.1, 0.15) is 51.4 Å². The molecule has 0 unspecified atom stereocenters. The highest BCUT2D eigenvalue weighted by Crippen LogP contribution is 2.31. The van der Waals surface area contributed by atoms with Gasteiger partial charge in [-0.15, -0.1) is 0 Å². The fourth-order valence-corrected chi connectivity index (χ4v) is 3.27. The molecule has 0 saturated heterocycles. The van der Waals surface area contributed by atoms with Gasteiger partial charge in [0.2, 0.25) is 0 Å². The maximum Gasteiger partial charge on any atom is 0.0576 e. The van der Waals surface area contributed by atoms with Crippen LogP contribution in [0.3, 0.4) is 0 Å². The molecule has 2 rings (SSSR count). The molecule has 0 atom stereocenters. The lowest BCUT2D eigenvalue weighted by atomic mass is 9.84. The molecule has 0 aliphatic heterocycles. The Kier molecular flexibility index (Phi) is 6.07. The van der Waals surface area contributed by atoms with Crippen LogP contribution in [0.25, 0.3) is 0 Å². The summed E-state index contributed by atoms with van der Waals surface area (Å²) in [5.41, 5.74) is 0. The van der Waals surface area contributed by atoms with Crippen molar-refractivity contribution in [1.29, 1.82) is 0 Å². The third kappa shape index (κ3) is 4.42. The summed E-state index contributed by atoms with van der Waals surface area (Å²) in [6.45, 7) is 1.06. The summed E-state index contributed by atoms with van der Waals surface area (Å²) < 4.78 is 5.86. The molecule has 0 aromatic heterocycles. The molecule has 2 fully saturated rings. The minimum absolute atomic E-state index is 0.0568. The number of ether oxygens (including phenoxy) is 1. The van der Waals surface area contributed by atoms with Crippen molar-refractivity contribution >= 4 is 0 Å². The van der Waals surface area contributed by atoms with Crippen molar-refractivity contribution in [3.63, 3.8) is 0 Å². The second-order valence-electron chi connectivity index (χ2n) is 6.18. The molecule has 0 amide bonds. The zero-order chi connectivity index (χ0) is 13.7. The Morgan fingerprint density at radius 2 is 1.74 bits per heavy atom. The highest BCUT2D eigenvalue weighted by molar-refractivity contribution is 4.90. The van der Waals surface area contributed by atoms with Crippen LogP contribution in [0.4, 0.5) is 0 Å². The zero-order valence-corrected chi connectivity index (χ0v) is 12.1. The molecule has 4 heteroatoms. The first-order valence-electron chi connectivity index (χ1n) is 7.83. The molecule has 0 aromatic rings. The lowest BCUT2D eigenvalue weighted by molar-refractivity contribution is -0.0323. The number of aliphatic hydroxyl groups is 2. The van der Waals surface area contributed by atoms with Gasteiger partial charge >= 0.3 is 0 Å². The molecule has 0 spiro atoms. The van der Waals surface area contributed by atoms with Crippen molar-refractivity contribution in [1.82, 2.24) is 4.90 Å². The van der Waals surface area contributed by atoms with Gasteiger partial charge in [-0.25, -0.2) is 0 Å². The highest BCUT2D eigenvalue weighted by atomic mass is 16.5. The minimum atomic E-state index is -0.0568. The Morgan fingerprint density at radius 1 is 1.05 bits per heavy atom. The fraction of sp³-hybridized carbons (Fsp3) is 1.00. The molecule has 112 valence electrons. The summed E-state index contributed by atoms with van der Waals surface area (Å²) in [4.78, 5) is 2.48. The van der Waals surface area contributed by atoms with Crippen molar-refractivity contribution in [2.75, 3.05) is 20.3 Å². The molecular formula is C15H29NO3. The first-order chi connectivity index (χ1) is 9.20. The van der Waals surface area contributed by atoms with Gasteiger partial charge in [-0.2, -0.15) is 0 Å². The molecule has 2 aliphatic rings. The zero-order valence-electron chi connectivity index (χ0n) is 12.1. The fourth-order valence-electron chi connectivity index (χ4n) is 3.27. The summed E-state index contributed by atoms with van der Waals surface area (Å²) >= 11 is 0. The van der Waals surface area contributed by atoms with Crippen LogP contribution >= 0.6 is 0 Å². The standard InChI is InChI=1S/C15H29NO3/c1-16(13-10-14(18)11-13)12-4-6-15(7-5-12)19-9-3-2-8-17/h12-15,17-18H,2-11H2,1H3. The SMILES string of the molecule is CN(C1CCC(OCCCCO)CC1)C1CC(O)C1. The summed E-state index contributed by atoms with van der Waals surface area (Å²) in [7, 11) is 2.21. The van der Waals surface area contributed by atoms with Crippen molar-refractivity contribution in [2.24, 2.45) is 0 Å². The van der Waals surface area contributed by atoms with E-state index < -0.39 is 0 Å². The van der Waals surface area contributed by atoms with Crippen LogP contribution in [-0.4, -0.2) is 59.7 Å². The largest absolute Gasteiger partial charge is 0.396 e. The number of unbranched alkanes of at least 4 members (excludes halogenated alkanes) is 1. The quantitative estimate of drug-likeness (QED) is 0.690. The molecule has 0 heterocycles. The molecule has 0 bridgehead atoms. The Morgan fingerprint density at radius 3 is 2.32 bits per heavy atom. The van der Waals surface area contributed by atoms with E-state index >= 15 is 0 Å². The number of nitrogens with zero attached hydrogens (tertiary/aromatic N) is 1. The van der Waals surface area contributed by atoms with E-state index in [2.05, 4.69) is 11.9 Å². The normalized spacial score (nSPS) is 35.4. The number of aliphatic hydroxyl groups excluding tert-OH is 2. The van der Waals surface area contributed by atoms with Gasteiger partial charge in [0.25, 0.3) is 0 Å². The van der Waals surface area contributed by atoms with Crippen molar-refractivity contribution in [3.8, 4) is 0 Å². The highest BCUT2D eigenvalue weighted by Gasteiger charge is 2.35. The monoisotopic (exact) mass is 271 g/mol. The maximum absolute atomic E-state index is 9.38. The lowest BCUT2D eigenvalue weighted by Gasteiger charge is -2.44. The summed E-state index contributed by atoms with van der Waals surface area (Å²) in [6, 6.07) is 1.27. The van der Waals surface area contributed by atoms with E-state index in [9.17, 15) is 5.11 Å². The Bertz CT molecular complexity index is 248. The van der Waals surface area contributed by atoms with Gasteiger partial charge in [-0.05, 0) is 58.4 Å². The molecule has 0 radical (unpaired) electrons. The van der Waals surface area contributed by atoms with E-state index in [1.165, 1.54) is 12.8 Å². The van der Waals surface area contributed by atoms with Gasteiger partial charge < -0.3 is 19.8 Å². The van der Waals surface area contributed by atoms with Gasteiger partial charge in [0.05, 0.1) is 12.2 Å². The van der Waals surface area contributed by atoms with E-state index in [1.807, 2.05) is 0 Å². The van der Waals surface area contributed by atoms with E-state index in [1.54, 1.807) is 0 Å². The molecule has 0 aromatic carbocycles. The van der Waals surface area contributed by atoms with Crippen molar-refractivity contribution < 1.29 is 14.9 Å². The van der Waals surface area contributed by atoms with Crippen LogP contribution in [0, 0.1) is 0 Å². The lowest BCUT2D eigenvalue weighted by Crippen LogP contribution is -2.50. The van der Waals surface area contributed by atoms with Crippen molar-refractivity contribution in [2.45, 2.75) is 75.7 Å². The summed E-state index contributed by atoms with van der Waals surface area (Å²) in [6.07, 6.45) is 8.84. The molecule has 4 nitrogen and oxygen atoms in total. The van der Waals surface area contributed by atoms with Crippen LogP contribution in [0.5, 0.6) is 0 Å². The van der Waals surface area contributed by atoms with E-state index in [4.69, 9.17) is 9.84 Å². The van der Waals surface area contributed by atoms with Crippen LogP contribution in [0.15, 0.2) is 0 Å². The summed E-state index contributed by atoms with van der Waals surface area (Å²) in [5, 5.41) is 18.1. The van der Waals surface area contributed by atoms with Gasteiger partial charge in [-0.1, -0.05) is 0 Å². The van der Waals surface area contributed by atoms with Gasteiger partial charge in [0.1, 0.15) is 0 Å². The second kappa shape index (κ2) is 7.58. The van der Waals surface area contributed by atoms with E-state index in [0.29, 0.717) is 18.2 Å². The van der Waals surface area contributed by atoms with Gasteiger partial charge in [0, 0.05) is 25.3 Å². The Labute approximate surface area is 116 Å². The topological polar surface area (TPSA) is 52.9 Å². The van der Waals surface area contributed by atoms with Crippen molar-refractivity contribution in [3.05, 3.63) is 0 Å². The van der Waals surface area contributed by atoms with Gasteiger partial charge in [0.15, 0.2) is 0 Å². The number of rotatable bonds is 7. The maximum atomic E-state index is 9.38. The Balaban J connectivity index is 1.59.